The summed E-state index contributed by atoms with van der Waals surface area (Å²) in [6.07, 6.45) is 12.9. The number of pyridine rings is 1. The Morgan fingerprint density at radius 3 is 2.52 bits per heavy atom. The quantitative estimate of drug-likeness (QED) is 0.878. The SMILES string of the molecule is O=C(CC1CCCC1)NC1CCN(CCc2ccncc2)CC1. The number of likely N-dealkylation sites (tertiary alicyclic amines) is 1. The molecule has 1 aliphatic carbocycles. The van der Waals surface area contributed by atoms with Crippen molar-refractivity contribution in [2.24, 2.45) is 5.92 Å². The van der Waals surface area contributed by atoms with Gasteiger partial charge >= 0.3 is 0 Å². The fourth-order valence-corrected chi connectivity index (χ4v) is 3.90. The number of hydrogen-bond donors (Lipinski definition) is 1. The normalized spacial score (nSPS) is 20.7. The minimum absolute atomic E-state index is 0.284. The molecule has 2 fully saturated rings. The number of carbonyl (C=O) groups is 1. The first-order valence-corrected chi connectivity index (χ1v) is 9.20. The monoisotopic (exact) mass is 315 g/mol. The van der Waals surface area contributed by atoms with Crippen molar-refractivity contribution in [1.29, 1.82) is 0 Å². The average Bonchev–Trinajstić information content (AvgIpc) is 3.08. The van der Waals surface area contributed by atoms with Crippen molar-refractivity contribution in [2.75, 3.05) is 19.6 Å². The molecule has 23 heavy (non-hydrogen) atoms. The zero-order valence-corrected chi connectivity index (χ0v) is 14.0. The first-order chi connectivity index (χ1) is 11.3. The lowest BCUT2D eigenvalue weighted by Gasteiger charge is -2.32. The van der Waals surface area contributed by atoms with Crippen LogP contribution in [-0.2, 0) is 11.2 Å². The van der Waals surface area contributed by atoms with Gasteiger partial charge in [-0.25, -0.2) is 0 Å². The summed E-state index contributed by atoms with van der Waals surface area (Å²) in [5, 5.41) is 3.27. The van der Waals surface area contributed by atoms with Crippen molar-refractivity contribution in [3.05, 3.63) is 30.1 Å². The highest BCUT2D eigenvalue weighted by molar-refractivity contribution is 5.76. The average molecular weight is 315 g/mol. The lowest BCUT2D eigenvalue weighted by molar-refractivity contribution is -0.123. The maximum absolute atomic E-state index is 12.1. The number of rotatable bonds is 6. The van der Waals surface area contributed by atoms with Crippen LogP contribution in [0.15, 0.2) is 24.5 Å². The zero-order chi connectivity index (χ0) is 15.9. The van der Waals surface area contributed by atoms with Gasteiger partial charge in [-0.15, -0.1) is 0 Å². The predicted molar refractivity (Wildman–Crippen MR) is 92.1 cm³/mol. The molecule has 0 spiro atoms. The van der Waals surface area contributed by atoms with E-state index in [0.29, 0.717) is 12.0 Å². The summed E-state index contributed by atoms with van der Waals surface area (Å²) in [6.45, 7) is 3.30. The van der Waals surface area contributed by atoms with Crippen molar-refractivity contribution in [2.45, 2.75) is 57.4 Å². The smallest absolute Gasteiger partial charge is 0.220 e. The van der Waals surface area contributed by atoms with Crippen LogP contribution in [0.1, 0.15) is 50.5 Å². The molecule has 3 rings (SSSR count). The highest BCUT2D eigenvalue weighted by Crippen LogP contribution is 2.27. The Balaban J connectivity index is 1.32. The molecule has 0 unspecified atom stereocenters. The summed E-state index contributed by atoms with van der Waals surface area (Å²) in [4.78, 5) is 18.7. The van der Waals surface area contributed by atoms with Crippen LogP contribution in [0.3, 0.4) is 0 Å². The van der Waals surface area contributed by atoms with Gasteiger partial charge in [0.1, 0.15) is 0 Å². The van der Waals surface area contributed by atoms with Gasteiger partial charge in [-0.1, -0.05) is 12.8 Å². The van der Waals surface area contributed by atoms with Gasteiger partial charge in [0.2, 0.25) is 5.91 Å². The summed E-state index contributed by atoms with van der Waals surface area (Å²) in [5.74, 6) is 0.933. The van der Waals surface area contributed by atoms with Gasteiger partial charge < -0.3 is 10.2 Å². The van der Waals surface area contributed by atoms with E-state index in [2.05, 4.69) is 27.3 Å². The van der Waals surface area contributed by atoms with Gasteiger partial charge in [-0.3, -0.25) is 9.78 Å². The molecule has 0 radical (unpaired) electrons. The zero-order valence-electron chi connectivity index (χ0n) is 14.0. The molecular weight excluding hydrogens is 286 g/mol. The van der Waals surface area contributed by atoms with E-state index in [-0.39, 0.29) is 5.91 Å². The number of amides is 1. The van der Waals surface area contributed by atoms with Crippen LogP contribution < -0.4 is 5.32 Å². The first-order valence-electron chi connectivity index (χ1n) is 9.20. The Hall–Kier alpha value is -1.42. The number of carbonyl (C=O) groups excluding carboxylic acids is 1. The minimum Gasteiger partial charge on any atom is -0.353 e. The van der Waals surface area contributed by atoms with Crippen molar-refractivity contribution in [1.82, 2.24) is 15.2 Å². The Bertz CT molecular complexity index is 477. The van der Waals surface area contributed by atoms with E-state index >= 15 is 0 Å². The molecule has 1 aromatic heterocycles. The van der Waals surface area contributed by atoms with Crippen molar-refractivity contribution < 1.29 is 4.79 Å². The van der Waals surface area contributed by atoms with Crippen molar-refractivity contribution >= 4 is 5.91 Å². The molecule has 1 amide bonds. The van der Waals surface area contributed by atoms with Crippen LogP contribution in [0, 0.1) is 5.92 Å². The molecule has 1 aromatic rings. The maximum atomic E-state index is 12.1. The summed E-state index contributed by atoms with van der Waals surface area (Å²) in [7, 11) is 0. The maximum Gasteiger partial charge on any atom is 0.220 e. The van der Waals surface area contributed by atoms with Crippen molar-refractivity contribution in [3.8, 4) is 0 Å². The Morgan fingerprint density at radius 1 is 1.13 bits per heavy atom. The minimum atomic E-state index is 0.284. The standard InChI is InChI=1S/C19H29N3O/c23-19(15-17-3-1-2-4-17)21-18-8-13-22(14-9-18)12-7-16-5-10-20-11-6-16/h5-6,10-11,17-18H,1-4,7-9,12-15H2,(H,21,23). The summed E-state index contributed by atoms with van der Waals surface area (Å²) in [5.41, 5.74) is 1.35. The molecule has 126 valence electrons. The second-order valence-corrected chi connectivity index (χ2v) is 7.14. The molecule has 2 aliphatic rings. The first kappa shape index (κ1) is 16.4. The molecule has 1 saturated heterocycles. The van der Waals surface area contributed by atoms with Crippen LogP contribution in [0.5, 0.6) is 0 Å². The highest BCUT2D eigenvalue weighted by atomic mass is 16.1. The highest BCUT2D eigenvalue weighted by Gasteiger charge is 2.23. The molecule has 0 aromatic carbocycles. The van der Waals surface area contributed by atoms with Crippen LogP contribution >= 0.6 is 0 Å². The molecule has 4 heteroatoms. The number of piperidine rings is 1. The molecule has 2 heterocycles. The van der Waals surface area contributed by atoms with Gasteiger partial charge in [0.15, 0.2) is 0 Å². The molecule has 0 bridgehead atoms. The van der Waals surface area contributed by atoms with E-state index in [9.17, 15) is 4.79 Å². The second-order valence-electron chi connectivity index (χ2n) is 7.14. The van der Waals surface area contributed by atoms with E-state index in [4.69, 9.17) is 0 Å². The molecule has 0 atom stereocenters. The van der Waals surface area contributed by atoms with Gasteiger partial charge in [0.25, 0.3) is 0 Å². The van der Waals surface area contributed by atoms with Gasteiger partial charge in [-0.05, 0) is 55.7 Å². The lowest BCUT2D eigenvalue weighted by atomic mass is 10.0. The third-order valence-electron chi connectivity index (χ3n) is 5.37. The van der Waals surface area contributed by atoms with Crippen LogP contribution in [0.4, 0.5) is 0 Å². The Morgan fingerprint density at radius 2 is 1.83 bits per heavy atom. The van der Waals surface area contributed by atoms with Crippen LogP contribution in [-0.4, -0.2) is 41.5 Å². The molecule has 4 nitrogen and oxygen atoms in total. The summed E-state index contributed by atoms with van der Waals surface area (Å²) < 4.78 is 0. The van der Waals surface area contributed by atoms with Gasteiger partial charge in [-0.2, -0.15) is 0 Å². The van der Waals surface area contributed by atoms with E-state index in [1.54, 1.807) is 0 Å². The molecule has 1 aliphatic heterocycles. The lowest BCUT2D eigenvalue weighted by Crippen LogP contribution is -2.45. The van der Waals surface area contributed by atoms with Crippen LogP contribution in [0.2, 0.25) is 0 Å². The number of hydrogen-bond acceptors (Lipinski definition) is 3. The Kier molecular flexibility index (Phi) is 6.03. The molecular formula is C19H29N3O. The fraction of sp³-hybridized carbons (Fsp3) is 0.684. The number of aromatic nitrogens is 1. The number of nitrogens with zero attached hydrogens (tertiary/aromatic N) is 2. The van der Waals surface area contributed by atoms with Crippen molar-refractivity contribution in [3.63, 3.8) is 0 Å². The van der Waals surface area contributed by atoms with Gasteiger partial charge in [0.05, 0.1) is 0 Å². The summed E-state index contributed by atoms with van der Waals surface area (Å²) in [6, 6.07) is 4.58. The van der Waals surface area contributed by atoms with Gasteiger partial charge in [0, 0.05) is 44.5 Å². The fourth-order valence-electron chi connectivity index (χ4n) is 3.90. The van der Waals surface area contributed by atoms with E-state index in [1.807, 2.05) is 12.4 Å². The third kappa shape index (κ3) is 5.31. The van der Waals surface area contributed by atoms with E-state index < -0.39 is 0 Å². The number of nitrogens with one attached hydrogen (secondary N) is 1. The summed E-state index contributed by atoms with van der Waals surface area (Å²) >= 11 is 0. The molecule has 1 N–H and O–H groups in total. The third-order valence-corrected chi connectivity index (χ3v) is 5.37. The Labute approximate surface area is 139 Å². The van der Waals surface area contributed by atoms with E-state index in [1.165, 1.54) is 31.2 Å². The van der Waals surface area contributed by atoms with E-state index in [0.717, 1.165) is 45.3 Å². The topological polar surface area (TPSA) is 45.2 Å². The van der Waals surface area contributed by atoms with Crippen LogP contribution in [0.25, 0.3) is 0 Å². The second kappa shape index (κ2) is 8.44. The molecule has 1 saturated carbocycles. The largest absolute Gasteiger partial charge is 0.353 e. The predicted octanol–water partition coefficient (Wildman–Crippen LogP) is 2.79.